The topological polar surface area (TPSA) is 49.5 Å². The Hall–Kier alpha value is -1.06. The van der Waals surface area contributed by atoms with Crippen molar-refractivity contribution in [2.75, 3.05) is 13.1 Å². The maximum Gasteiger partial charge on any atom is 0.115 e. The normalized spacial score (nSPS) is 24.7. The van der Waals surface area contributed by atoms with Crippen LogP contribution in [-0.4, -0.2) is 29.1 Å². The van der Waals surface area contributed by atoms with Gasteiger partial charge in [-0.25, -0.2) is 0 Å². The number of aromatic hydroxyl groups is 1. The number of phenolic OH excluding ortho intramolecular Hbond substituents is 1. The second-order valence-corrected chi connectivity index (χ2v) is 5.52. The molecule has 18 heavy (non-hydrogen) atoms. The largest absolute Gasteiger partial charge is 0.508 e. The minimum Gasteiger partial charge on any atom is -0.508 e. The molecule has 0 amide bonds. The SMILES string of the molecule is CC(N)C1CCCN(C(C)c2ccc(O)cc2)C1. The second-order valence-electron chi connectivity index (χ2n) is 5.52. The fraction of sp³-hybridized carbons (Fsp3) is 0.600. The Kier molecular flexibility index (Phi) is 4.25. The van der Waals surface area contributed by atoms with Crippen LogP contribution >= 0.6 is 0 Å². The third-order valence-electron chi connectivity index (χ3n) is 4.16. The lowest BCUT2D eigenvalue weighted by atomic mass is 9.90. The van der Waals surface area contributed by atoms with E-state index in [1.807, 2.05) is 12.1 Å². The molecule has 0 saturated carbocycles. The molecule has 1 aromatic carbocycles. The summed E-state index contributed by atoms with van der Waals surface area (Å²) in [5.74, 6) is 0.941. The van der Waals surface area contributed by atoms with E-state index in [2.05, 4.69) is 18.7 Å². The number of hydrogen-bond acceptors (Lipinski definition) is 3. The number of rotatable bonds is 3. The Morgan fingerprint density at radius 3 is 2.56 bits per heavy atom. The number of likely N-dealkylation sites (tertiary alicyclic amines) is 1. The van der Waals surface area contributed by atoms with Crippen LogP contribution in [0.2, 0.25) is 0 Å². The maximum absolute atomic E-state index is 9.33. The Morgan fingerprint density at radius 1 is 1.28 bits per heavy atom. The molecule has 1 aromatic rings. The van der Waals surface area contributed by atoms with Crippen molar-refractivity contribution in [3.05, 3.63) is 29.8 Å². The molecule has 3 unspecified atom stereocenters. The molecule has 0 aliphatic carbocycles. The highest BCUT2D eigenvalue weighted by Crippen LogP contribution is 2.28. The van der Waals surface area contributed by atoms with E-state index in [4.69, 9.17) is 5.73 Å². The van der Waals surface area contributed by atoms with Crippen molar-refractivity contribution in [3.8, 4) is 5.75 Å². The van der Waals surface area contributed by atoms with E-state index < -0.39 is 0 Å². The summed E-state index contributed by atoms with van der Waals surface area (Å²) in [4.78, 5) is 2.50. The van der Waals surface area contributed by atoms with Crippen molar-refractivity contribution in [2.45, 2.75) is 38.8 Å². The third-order valence-corrected chi connectivity index (χ3v) is 4.16. The molecule has 3 nitrogen and oxygen atoms in total. The molecule has 1 aliphatic heterocycles. The van der Waals surface area contributed by atoms with Crippen molar-refractivity contribution in [1.82, 2.24) is 4.90 Å². The van der Waals surface area contributed by atoms with Gasteiger partial charge in [0.15, 0.2) is 0 Å². The lowest BCUT2D eigenvalue weighted by Gasteiger charge is -2.38. The highest BCUT2D eigenvalue weighted by molar-refractivity contribution is 5.27. The molecule has 0 aromatic heterocycles. The summed E-state index contributed by atoms with van der Waals surface area (Å²) in [5.41, 5.74) is 7.29. The molecule has 1 aliphatic rings. The number of phenols is 1. The zero-order chi connectivity index (χ0) is 13.1. The van der Waals surface area contributed by atoms with Gasteiger partial charge in [-0.2, -0.15) is 0 Å². The van der Waals surface area contributed by atoms with E-state index in [-0.39, 0.29) is 6.04 Å². The Labute approximate surface area is 110 Å². The van der Waals surface area contributed by atoms with Crippen LogP contribution in [-0.2, 0) is 0 Å². The molecule has 3 atom stereocenters. The molecule has 3 heteroatoms. The molecule has 1 fully saturated rings. The molecule has 1 saturated heterocycles. The van der Waals surface area contributed by atoms with Crippen LogP contribution in [0.4, 0.5) is 0 Å². The summed E-state index contributed by atoms with van der Waals surface area (Å²) in [6.45, 7) is 6.57. The summed E-state index contributed by atoms with van der Waals surface area (Å²) >= 11 is 0. The number of piperidine rings is 1. The minimum absolute atomic E-state index is 0.278. The highest BCUT2D eigenvalue weighted by atomic mass is 16.3. The molecule has 0 bridgehead atoms. The van der Waals surface area contributed by atoms with Gasteiger partial charge in [0, 0.05) is 18.6 Å². The number of nitrogens with two attached hydrogens (primary N) is 1. The van der Waals surface area contributed by atoms with Gasteiger partial charge in [-0.3, -0.25) is 4.90 Å². The first-order valence-electron chi connectivity index (χ1n) is 6.86. The van der Waals surface area contributed by atoms with Gasteiger partial charge in [0.25, 0.3) is 0 Å². The predicted molar refractivity (Wildman–Crippen MR) is 74.5 cm³/mol. The zero-order valence-corrected chi connectivity index (χ0v) is 11.3. The first-order valence-corrected chi connectivity index (χ1v) is 6.86. The van der Waals surface area contributed by atoms with Gasteiger partial charge >= 0.3 is 0 Å². The molecule has 0 radical (unpaired) electrons. The Bertz CT molecular complexity index is 375. The van der Waals surface area contributed by atoms with E-state index in [0.29, 0.717) is 17.7 Å². The summed E-state index contributed by atoms with van der Waals surface area (Å²) in [6, 6.07) is 8.22. The first kappa shape index (κ1) is 13.4. The average molecular weight is 248 g/mol. The second kappa shape index (κ2) is 5.72. The van der Waals surface area contributed by atoms with Gasteiger partial charge in [-0.1, -0.05) is 12.1 Å². The van der Waals surface area contributed by atoms with Crippen LogP contribution in [0.25, 0.3) is 0 Å². The van der Waals surface area contributed by atoms with Crippen LogP contribution in [0.3, 0.4) is 0 Å². The maximum atomic E-state index is 9.33. The van der Waals surface area contributed by atoms with Crippen LogP contribution in [0.5, 0.6) is 5.75 Å². The lowest BCUT2D eigenvalue weighted by molar-refractivity contribution is 0.121. The number of hydrogen-bond donors (Lipinski definition) is 2. The van der Waals surface area contributed by atoms with E-state index in [1.165, 1.54) is 18.4 Å². The fourth-order valence-corrected chi connectivity index (χ4v) is 2.78. The summed E-state index contributed by atoms with van der Waals surface area (Å²) in [6.07, 6.45) is 2.48. The van der Waals surface area contributed by atoms with Crippen LogP contribution < -0.4 is 5.73 Å². The van der Waals surface area contributed by atoms with Crippen LogP contribution in [0, 0.1) is 5.92 Å². The summed E-state index contributed by atoms with van der Waals surface area (Å²) in [5, 5.41) is 9.33. The van der Waals surface area contributed by atoms with Crippen molar-refractivity contribution in [2.24, 2.45) is 11.7 Å². The van der Waals surface area contributed by atoms with Crippen LogP contribution in [0.15, 0.2) is 24.3 Å². The van der Waals surface area contributed by atoms with E-state index in [9.17, 15) is 5.11 Å². The van der Waals surface area contributed by atoms with Gasteiger partial charge in [0.2, 0.25) is 0 Å². The summed E-state index contributed by atoms with van der Waals surface area (Å²) < 4.78 is 0. The molecule has 100 valence electrons. The monoisotopic (exact) mass is 248 g/mol. The van der Waals surface area contributed by atoms with Crippen molar-refractivity contribution >= 4 is 0 Å². The van der Waals surface area contributed by atoms with Gasteiger partial charge < -0.3 is 10.8 Å². The van der Waals surface area contributed by atoms with Gasteiger partial charge in [-0.15, -0.1) is 0 Å². The minimum atomic E-state index is 0.278. The number of benzene rings is 1. The third kappa shape index (κ3) is 3.03. The lowest BCUT2D eigenvalue weighted by Crippen LogP contribution is -2.43. The molecule has 1 heterocycles. The highest BCUT2D eigenvalue weighted by Gasteiger charge is 2.26. The first-order chi connectivity index (χ1) is 8.58. The zero-order valence-electron chi connectivity index (χ0n) is 11.3. The standard InChI is InChI=1S/C15H24N2O/c1-11(16)14-4-3-9-17(10-14)12(2)13-5-7-15(18)8-6-13/h5-8,11-12,14,18H,3-4,9-10,16H2,1-2H3. The smallest absolute Gasteiger partial charge is 0.115 e. The van der Waals surface area contributed by atoms with Gasteiger partial charge in [0.05, 0.1) is 0 Å². The van der Waals surface area contributed by atoms with Gasteiger partial charge in [-0.05, 0) is 56.8 Å². The van der Waals surface area contributed by atoms with E-state index in [0.717, 1.165) is 13.1 Å². The van der Waals surface area contributed by atoms with Crippen molar-refractivity contribution in [3.63, 3.8) is 0 Å². The quantitative estimate of drug-likeness (QED) is 0.864. The Balaban J connectivity index is 2.04. The van der Waals surface area contributed by atoms with Crippen molar-refractivity contribution in [1.29, 1.82) is 0 Å². The predicted octanol–water partition coefficient (Wildman–Crippen LogP) is 2.51. The molecular weight excluding hydrogens is 224 g/mol. The molecule has 2 rings (SSSR count). The Morgan fingerprint density at radius 2 is 1.94 bits per heavy atom. The molecule has 3 N–H and O–H groups in total. The average Bonchev–Trinajstić information content (AvgIpc) is 2.39. The number of nitrogens with zero attached hydrogens (tertiary/aromatic N) is 1. The van der Waals surface area contributed by atoms with Crippen LogP contribution in [0.1, 0.15) is 38.3 Å². The van der Waals surface area contributed by atoms with E-state index in [1.54, 1.807) is 12.1 Å². The van der Waals surface area contributed by atoms with Crippen molar-refractivity contribution < 1.29 is 5.11 Å². The van der Waals surface area contributed by atoms with E-state index >= 15 is 0 Å². The summed E-state index contributed by atoms with van der Waals surface area (Å²) in [7, 11) is 0. The van der Waals surface area contributed by atoms with Gasteiger partial charge in [0.1, 0.15) is 5.75 Å². The fourth-order valence-electron chi connectivity index (χ4n) is 2.78. The molecular formula is C15H24N2O. The molecule has 0 spiro atoms.